The Balaban J connectivity index is 1.74. The Bertz CT molecular complexity index is 689. The third kappa shape index (κ3) is 2.54. The molecule has 0 spiro atoms. The Hall–Kier alpha value is -2.43. The average molecular weight is 253 g/mol. The summed E-state index contributed by atoms with van der Waals surface area (Å²) in [5.41, 5.74) is 4.02. The fourth-order valence-corrected chi connectivity index (χ4v) is 1.95. The maximum absolute atomic E-state index is 4.30. The highest BCUT2D eigenvalue weighted by molar-refractivity contribution is 5.78. The van der Waals surface area contributed by atoms with Crippen molar-refractivity contribution in [2.75, 3.05) is 5.32 Å². The number of hydrogen-bond donors (Lipinski definition) is 1. The number of anilines is 1. The Kier molecular flexibility index (Phi) is 3.10. The van der Waals surface area contributed by atoms with Crippen molar-refractivity contribution in [2.24, 2.45) is 0 Å². The molecular weight excluding hydrogens is 238 g/mol. The Morgan fingerprint density at radius 3 is 2.79 bits per heavy atom. The third-order valence-electron chi connectivity index (χ3n) is 2.98. The Morgan fingerprint density at radius 2 is 2.00 bits per heavy atom. The fraction of sp³-hybridized carbons (Fsp3) is 0.214. The quantitative estimate of drug-likeness (QED) is 0.776. The van der Waals surface area contributed by atoms with Crippen molar-refractivity contribution in [3.8, 4) is 0 Å². The SMILES string of the molecule is CCn1cc(CNc2ccc3nccnc3c2)cn1. The summed E-state index contributed by atoms with van der Waals surface area (Å²) < 4.78 is 1.92. The monoisotopic (exact) mass is 253 g/mol. The van der Waals surface area contributed by atoms with Crippen LogP contribution in [-0.4, -0.2) is 19.7 Å². The van der Waals surface area contributed by atoms with Gasteiger partial charge >= 0.3 is 0 Å². The molecule has 0 aliphatic heterocycles. The van der Waals surface area contributed by atoms with Crippen LogP contribution in [-0.2, 0) is 13.1 Å². The highest BCUT2D eigenvalue weighted by Gasteiger charge is 2.00. The maximum Gasteiger partial charge on any atom is 0.0907 e. The van der Waals surface area contributed by atoms with Gasteiger partial charge in [0.2, 0.25) is 0 Å². The molecule has 3 aromatic rings. The molecule has 0 bridgehead atoms. The predicted octanol–water partition coefficient (Wildman–Crippen LogP) is 2.46. The lowest BCUT2D eigenvalue weighted by molar-refractivity contribution is 0.659. The van der Waals surface area contributed by atoms with Crippen molar-refractivity contribution >= 4 is 16.7 Å². The van der Waals surface area contributed by atoms with Gasteiger partial charge in [0, 0.05) is 42.9 Å². The van der Waals surface area contributed by atoms with Crippen molar-refractivity contribution in [1.29, 1.82) is 0 Å². The molecule has 1 aromatic carbocycles. The first-order valence-corrected chi connectivity index (χ1v) is 6.31. The molecule has 0 saturated carbocycles. The van der Waals surface area contributed by atoms with E-state index in [4.69, 9.17) is 0 Å². The molecule has 0 radical (unpaired) electrons. The molecule has 2 aromatic heterocycles. The zero-order valence-electron chi connectivity index (χ0n) is 10.7. The van der Waals surface area contributed by atoms with Crippen LogP contribution < -0.4 is 5.32 Å². The Labute approximate surface area is 111 Å². The second-order valence-corrected chi connectivity index (χ2v) is 4.32. The van der Waals surface area contributed by atoms with Crippen LogP contribution in [0, 0.1) is 0 Å². The summed E-state index contributed by atoms with van der Waals surface area (Å²) in [6, 6.07) is 5.99. The van der Waals surface area contributed by atoms with Crippen LogP contribution in [0.25, 0.3) is 11.0 Å². The number of nitrogens with zero attached hydrogens (tertiary/aromatic N) is 4. The number of benzene rings is 1. The molecule has 96 valence electrons. The molecule has 0 atom stereocenters. The number of fused-ring (bicyclic) bond motifs is 1. The lowest BCUT2D eigenvalue weighted by atomic mass is 10.2. The molecule has 3 rings (SSSR count). The molecule has 1 N–H and O–H groups in total. The van der Waals surface area contributed by atoms with Gasteiger partial charge in [0.15, 0.2) is 0 Å². The predicted molar refractivity (Wildman–Crippen MR) is 74.8 cm³/mol. The number of aryl methyl sites for hydroxylation is 1. The molecule has 2 heterocycles. The van der Waals surface area contributed by atoms with Crippen molar-refractivity contribution in [3.05, 3.63) is 48.5 Å². The van der Waals surface area contributed by atoms with Crippen LogP contribution in [0.4, 0.5) is 5.69 Å². The first-order valence-electron chi connectivity index (χ1n) is 6.31. The van der Waals surface area contributed by atoms with Crippen LogP contribution in [0.3, 0.4) is 0 Å². The molecule has 5 heteroatoms. The van der Waals surface area contributed by atoms with E-state index >= 15 is 0 Å². The lowest BCUT2D eigenvalue weighted by Gasteiger charge is -2.05. The normalized spacial score (nSPS) is 10.8. The van der Waals surface area contributed by atoms with Gasteiger partial charge in [-0.2, -0.15) is 5.10 Å². The van der Waals surface area contributed by atoms with Crippen molar-refractivity contribution in [3.63, 3.8) is 0 Å². The van der Waals surface area contributed by atoms with E-state index in [1.165, 1.54) is 5.56 Å². The standard InChI is InChI=1S/C14H15N5/c1-2-19-10-11(9-18-19)8-17-12-3-4-13-14(7-12)16-6-5-15-13/h3-7,9-10,17H,2,8H2,1H3. The van der Waals surface area contributed by atoms with Gasteiger partial charge in [-0.1, -0.05) is 0 Å². The molecule has 0 saturated heterocycles. The highest BCUT2D eigenvalue weighted by Crippen LogP contribution is 2.15. The smallest absolute Gasteiger partial charge is 0.0907 e. The molecule has 0 fully saturated rings. The lowest BCUT2D eigenvalue weighted by Crippen LogP contribution is -1.99. The van der Waals surface area contributed by atoms with Gasteiger partial charge in [0.1, 0.15) is 0 Å². The van der Waals surface area contributed by atoms with Gasteiger partial charge in [-0.15, -0.1) is 0 Å². The minimum atomic E-state index is 0.756. The van der Waals surface area contributed by atoms with Crippen LogP contribution in [0.5, 0.6) is 0 Å². The molecule has 19 heavy (non-hydrogen) atoms. The molecule has 5 nitrogen and oxygen atoms in total. The van der Waals surface area contributed by atoms with Crippen LogP contribution in [0.2, 0.25) is 0 Å². The van der Waals surface area contributed by atoms with Gasteiger partial charge in [-0.05, 0) is 25.1 Å². The topological polar surface area (TPSA) is 55.6 Å². The van der Waals surface area contributed by atoms with Gasteiger partial charge in [-0.25, -0.2) is 0 Å². The van der Waals surface area contributed by atoms with Gasteiger partial charge in [0.05, 0.1) is 17.2 Å². The Morgan fingerprint density at radius 1 is 1.16 bits per heavy atom. The van der Waals surface area contributed by atoms with Crippen molar-refractivity contribution in [2.45, 2.75) is 20.0 Å². The van der Waals surface area contributed by atoms with Gasteiger partial charge in [0.25, 0.3) is 0 Å². The average Bonchev–Trinajstić information content (AvgIpc) is 2.93. The van der Waals surface area contributed by atoms with E-state index in [9.17, 15) is 0 Å². The summed E-state index contributed by atoms with van der Waals surface area (Å²) in [6.45, 7) is 3.73. The second-order valence-electron chi connectivity index (χ2n) is 4.32. The van der Waals surface area contributed by atoms with E-state index in [1.54, 1.807) is 12.4 Å². The number of nitrogens with one attached hydrogen (secondary N) is 1. The van der Waals surface area contributed by atoms with E-state index in [2.05, 4.69) is 27.3 Å². The highest BCUT2D eigenvalue weighted by atomic mass is 15.3. The zero-order chi connectivity index (χ0) is 13.1. The third-order valence-corrected chi connectivity index (χ3v) is 2.98. The van der Waals surface area contributed by atoms with Crippen molar-refractivity contribution in [1.82, 2.24) is 19.7 Å². The van der Waals surface area contributed by atoms with Crippen LogP contribution in [0.15, 0.2) is 43.0 Å². The summed E-state index contributed by atoms with van der Waals surface area (Å²) in [6.07, 6.45) is 7.34. The van der Waals surface area contributed by atoms with Crippen molar-refractivity contribution < 1.29 is 0 Å². The number of rotatable bonds is 4. The largest absolute Gasteiger partial charge is 0.381 e. The molecule has 0 unspecified atom stereocenters. The molecule has 0 amide bonds. The summed E-state index contributed by atoms with van der Waals surface area (Å²) >= 11 is 0. The maximum atomic E-state index is 4.30. The van der Waals surface area contributed by atoms with Gasteiger partial charge in [-0.3, -0.25) is 14.6 Å². The van der Waals surface area contributed by atoms with E-state index in [0.29, 0.717) is 0 Å². The summed E-state index contributed by atoms with van der Waals surface area (Å²) in [4.78, 5) is 8.55. The van der Waals surface area contributed by atoms with E-state index in [-0.39, 0.29) is 0 Å². The minimum absolute atomic E-state index is 0.756. The first-order chi connectivity index (χ1) is 9.35. The molecule has 0 aliphatic carbocycles. The van der Waals surface area contributed by atoms with E-state index in [1.807, 2.05) is 35.3 Å². The summed E-state index contributed by atoms with van der Waals surface area (Å²) in [7, 11) is 0. The first kappa shape index (κ1) is 11.6. The van der Waals surface area contributed by atoms with E-state index in [0.717, 1.165) is 29.8 Å². The zero-order valence-corrected chi connectivity index (χ0v) is 10.7. The second kappa shape index (κ2) is 5.06. The summed E-state index contributed by atoms with van der Waals surface area (Å²) in [5, 5.41) is 7.62. The number of aromatic nitrogens is 4. The van der Waals surface area contributed by atoms with Crippen LogP contribution >= 0.6 is 0 Å². The van der Waals surface area contributed by atoms with Crippen LogP contribution in [0.1, 0.15) is 12.5 Å². The van der Waals surface area contributed by atoms with E-state index < -0.39 is 0 Å². The summed E-state index contributed by atoms with van der Waals surface area (Å²) in [5.74, 6) is 0. The number of hydrogen-bond acceptors (Lipinski definition) is 4. The minimum Gasteiger partial charge on any atom is -0.381 e. The van der Waals surface area contributed by atoms with Gasteiger partial charge < -0.3 is 5.32 Å². The fourth-order valence-electron chi connectivity index (χ4n) is 1.95. The molecular formula is C14H15N5. The molecule has 0 aliphatic rings.